The summed E-state index contributed by atoms with van der Waals surface area (Å²) in [5.74, 6) is 0.653. The molecule has 0 amide bonds. The molecule has 4 aliphatic rings. The van der Waals surface area contributed by atoms with Crippen molar-refractivity contribution in [1.29, 1.82) is 0 Å². The van der Waals surface area contributed by atoms with Crippen molar-refractivity contribution in [3.63, 3.8) is 0 Å². The molecular formula is C29H34O4. The fraction of sp³-hybridized carbons (Fsp3) is 0.517. The zero-order chi connectivity index (χ0) is 23.2. The van der Waals surface area contributed by atoms with Gasteiger partial charge in [0, 0.05) is 10.8 Å². The zero-order valence-corrected chi connectivity index (χ0v) is 19.8. The van der Waals surface area contributed by atoms with E-state index in [1.54, 1.807) is 24.3 Å². The first-order chi connectivity index (χ1) is 15.9. The van der Waals surface area contributed by atoms with Gasteiger partial charge in [-0.3, -0.25) is 0 Å². The number of hydrogen-bond donors (Lipinski definition) is 0. The highest BCUT2D eigenvalue weighted by molar-refractivity contribution is 5.90. The van der Waals surface area contributed by atoms with Gasteiger partial charge in [-0.25, -0.2) is 9.59 Å². The van der Waals surface area contributed by atoms with Crippen molar-refractivity contribution >= 4 is 11.9 Å². The largest absolute Gasteiger partial charge is 0.454 e. The predicted molar refractivity (Wildman–Crippen MR) is 127 cm³/mol. The normalized spacial score (nSPS) is 34.7. The standard InChI is InChI=1S/C29H34O4/c1-19(2)29-18-17-28(3,22-15-10-16-23(22)29)24(32-26(30)20-11-6-4-7-12-20)25(29)33-27(31)21-13-8-5-9-14-21/h4-9,11-14,19,22-25H,10,15-18H2,1-3H3. The first-order valence-corrected chi connectivity index (χ1v) is 12.4. The summed E-state index contributed by atoms with van der Waals surface area (Å²) in [7, 11) is 0. The highest BCUT2D eigenvalue weighted by atomic mass is 16.6. The third-order valence-electron chi connectivity index (χ3n) is 9.17. The molecule has 4 nitrogen and oxygen atoms in total. The van der Waals surface area contributed by atoms with Gasteiger partial charge in [0.05, 0.1) is 11.1 Å². The lowest BCUT2D eigenvalue weighted by Crippen LogP contribution is -2.70. The summed E-state index contributed by atoms with van der Waals surface area (Å²) in [4.78, 5) is 26.5. The molecule has 0 aromatic heterocycles. The maximum atomic E-state index is 13.3. The first kappa shape index (κ1) is 22.2. The summed E-state index contributed by atoms with van der Waals surface area (Å²) in [5, 5.41) is 0. The summed E-state index contributed by atoms with van der Waals surface area (Å²) in [6.45, 7) is 6.78. The van der Waals surface area contributed by atoms with Crippen molar-refractivity contribution < 1.29 is 19.1 Å². The van der Waals surface area contributed by atoms with E-state index in [0.717, 1.165) is 25.7 Å². The van der Waals surface area contributed by atoms with Gasteiger partial charge in [-0.1, -0.05) is 63.6 Å². The summed E-state index contributed by atoms with van der Waals surface area (Å²) < 4.78 is 12.7. The lowest BCUT2D eigenvalue weighted by Gasteiger charge is -2.66. The van der Waals surface area contributed by atoms with Gasteiger partial charge in [0.25, 0.3) is 0 Å². The third-order valence-corrected chi connectivity index (χ3v) is 9.17. The van der Waals surface area contributed by atoms with Crippen LogP contribution < -0.4 is 0 Å². The fourth-order valence-electron chi connectivity index (χ4n) is 7.51. The van der Waals surface area contributed by atoms with E-state index < -0.39 is 12.2 Å². The van der Waals surface area contributed by atoms with Crippen molar-refractivity contribution in [2.45, 2.75) is 65.1 Å². The maximum absolute atomic E-state index is 13.3. The second-order valence-electron chi connectivity index (χ2n) is 10.8. The molecule has 4 fully saturated rings. The summed E-state index contributed by atoms with van der Waals surface area (Å²) in [6, 6.07) is 18.3. The Kier molecular flexibility index (Phi) is 5.58. The van der Waals surface area contributed by atoms with Crippen LogP contribution in [0.1, 0.15) is 73.6 Å². The molecule has 2 bridgehead atoms. The number of esters is 2. The molecule has 0 radical (unpaired) electrons. The van der Waals surface area contributed by atoms with E-state index in [0.29, 0.717) is 28.9 Å². The molecule has 2 aromatic carbocycles. The van der Waals surface area contributed by atoms with Gasteiger partial charge >= 0.3 is 11.9 Å². The lowest BCUT2D eigenvalue weighted by atomic mass is 9.41. The van der Waals surface area contributed by atoms with Gasteiger partial charge in [0.1, 0.15) is 12.2 Å². The van der Waals surface area contributed by atoms with Crippen LogP contribution >= 0.6 is 0 Å². The monoisotopic (exact) mass is 446 g/mol. The van der Waals surface area contributed by atoms with Crippen molar-refractivity contribution in [1.82, 2.24) is 0 Å². The molecule has 0 heterocycles. The molecule has 33 heavy (non-hydrogen) atoms. The quantitative estimate of drug-likeness (QED) is 0.505. The SMILES string of the molecule is CC(C)C12CCC(C)(C3CCCC31)C(OC(=O)c1ccccc1)C2OC(=O)c1ccccc1. The highest BCUT2D eigenvalue weighted by Gasteiger charge is 2.71. The average molecular weight is 447 g/mol. The molecule has 6 rings (SSSR count). The molecule has 0 N–H and O–H groups in total. The predicted octanol–water partition coefficient (Wildman–Crippen LogP) is 6.31. The van der Waals surface area contributed by atoms with Crippen LogP contribution in [-0.2, 0) is 9.47 Å². The molecule has 174 valence electrons. The van der Waals surface area contributed by atoms with Crippen molar-refractivity contribution in [2.24, 2.45) is 28.6 Å². The fourth-order valence-corrected chi connectivity index (χ4v) is 7.51. The van der Waals surface area contributed by atoms with E-state index in [2.05, 4.69) is 20.8 Å². The molecular weight excluding hydrogens is 412 g/mol. The Morgan fingerprint density at radius 3 is 1.85 bits per heavy atom. The van der Waals surface area contributed by atoms with Crippen LogP contribution in [0.5, 0.6) is 0 Å². The van der Waals surface area contributed by atoms with Gasteiger partial charge in [-0.05, 0) is 67.7 Å². The Morgan fingerprint density at radius 1 is 0.788 bits per heavy atom. The number of hydrogen-bond acceptors (Lipinski definition) is 4. The van der Waals surface area contributed by atoms with Crippen LogP contribution in [0.15, 0.2) is 60.7 Å². The maximum Gasteiger partial charge on any atom is 0.338 e. The minimum absolute atomic E-state index is 0.176. The van der Waals surface area contributed by atoms with Gasteiger partial charge in [0.15, 0.2) is 0 Å². The van der Waals surface area contributed by atoms with Crippen molar-refractivity contribution in [3.8, 4) is 0 Å². The number of benzene rings is 2. The topological polar surface area (TPSA) is 52.6 Å². The Morgan fingerprint density at radius 2 is 1.30 bits per heavy atom. The van der Waals surface area contributed by atoms with E-state index in [4.69, 9.17) is 9.47 Å². The number of carbonyl (C=O) groups is 2. The van der Waals surface area contributed by atoms with Crippen LogP contribution in [0.25, 0.3) is 0 Å². The van der Waals surface area contributed by atoms with Crippen LogP contribution in [0.2, 0.25) is 0 Å². The van der Waals surface area contributed by atoms with Crippen LogP contribution in [0, 0.1) is 28.6 Å². The zero-order valence-electron chi connectivity index (χ0n) is 19.8. The average Bonchev–Trinajstić information content (AvgIpc) is 3.35. The van der Waals surface area contributed by atoms with E-state index in [1.165, 1.54) is 6.42 Å². The molecule has 6 atom stereocenters. The third kappa shape index (κ3) is 3.41. The molecule has 4 saturated carbocycles. The Bertz CT molecular complexity index is 1020. The van der Waals surface area contributed by atoms with E-state index in [9.17, 15) is 9.59 Å². The van der Waals surface area contributed by atoms with Crippen LogP contribution in [-0.4, -0.2) is 24.1 Å². The molecule has 6 unspecified atom stereocenters. The number of rotatable bonds is 5. The van der Waals surface area contributed by atoms with Crippen LogP contribution in [0.3, 0.4) is 0 Å². The summed E-state index contributed by atoms with van der Waals surface area (Å²) in [5.41, 5.74) is 0.714. The van der Waals surface area contributed by atoms with Gasteiger partial charge < -0.3 is 9.47 Å². The lowest BCUT2D eigenvalue weighted by molar-refractivity contribution is -0.257. The molecule has 2 aromatic rings. The summed E-state index contributed by atoms with van der Waals surface area (Å²) in [6.07, 6.45) is 4.63. The van der Waals surface area contributed by atoms with Crippen LogP contribution in [0.4, 0.5) is 0 Å². The summed E-state index contributed by atoms with van der Waals surface area (Å²) >= 11 is 0. The van der Waals surface area contributed by atoms with Gasteiger partial charge in [-0.2, -0.15) is 0 Å². The second-order valence-corrected chi connectivity index (χ2v) is 10.8. The van der Waals surface area contributed by atoms with E-state index in [-0.39, 0.29) is 22.8 Å². The Balaban J connectivity index is 1.56. The van der Waals surface area contributed by atoms with Gasteiger partial charge in [0.2, 0.25) is 0 Å². The number of ether oxygens (including phenoxy) is 2. The molecule has 0 aliphatic heterocycles. The number of fused-ring (bicyclic) bond motifs is 2. The minimum Gasteiger partial charge on any atom is -0.454 e. The second kappa shape index (κ2) is 8.30. The molecule has 4 heteroatoms. The Labute approximate surface area is 196 Å². The number of carbonyl (C=O) groups excluding carboxylic acids is 2. The molecule has 0 saturated heterocycles. The first-order valence-electron chi connectivity index (χ1n) is 12.4. The smallest absolute Gasteiger partial charge is 0.338 e. The van der Waals surface area contributed by atoms with Crippen molar-refractivity contribution in [2.75, 3.05) is 0 Å². The minimum atomic E-state index is -0.451. The molecule has 0 spiro atoms. The Hall–Kier alpha value is -2.62. The van der Waals surface area contributed by atoms with E-state index >= 15 is 0 Å². The highest BCUT2D eigenvalue weighted by Crippen LogP contribution is 2.70. The van der Waals surface area contributed by atoms with E-state index in [1.807, 2.05) is 36.4 Å². The van der Waals surface area contributed by atoms with Gasteiger partial charge in [-0.15, -0.1) is 0 Å². The molecule has 4 aliphatic carbocycles. The van der Waals surface area contributed by atoms with Crippen molar-refractivity contribution in [3.05, 3.63) is 71.8 Å².